The second kappa shape index (κ2) is 7.16. The number of carbonyl (C=O) groups is 1. The third kappa shape index (κ3) is 3.50. The zero-order valence-electron chi connectivity index (χ0n) is 14.1. The Morgan fingerprint density at radius 3 is 2.42 bits per heavy atom. The lowest BCUT2D eigenvalue weighted by molar-refractivity contribution is -0.220. The van der Waals surface area contributed by atoms with Gasteiger partial charge in [0.2, 0.25) is 0 Å². The van der Waals surface area contributed by atoms with Gasteiger partial charge in [0.25, 0.3) is 0 Å². The molecule has 3 rings (SSSR count). The van der Waals surface area contributed by atoms with Crippen molar-refractivity contribution in [2.75, 3.05) is 6.61 Å². The average Bonchev–Trinajstić information content (AvgIpc) is 2.95. The molecule has 2 atom stereocenters. The van der Waals surface area contributed by atoms with E-state index in [0.29, 0.717) is 19.6 Å². The molecule has 4 heteroatoms. The van der Waals surface area contributed by atoms with Crippen LogP contribution in [0.1, 0.15) is 37.4 Å². The van der Waals surface area contributed by atoms with Crippen molar-refractivity contribution in [3.8, 4) is 0 Å². The Hall–Kier alpha value is -2.17. The third-order valence-corrected chi connectivity index (χ3v) is 4.32. The number of benzene rings is 2. The van der Waals surface area contributed by atoms with Gasteiger partial charge in [-0.2, -0.15) is 5.06 Å². The fourth-order valence-electron chi connectivity index (χ4n) is 3.10. The summed E-state index contributed by atoms with van der Waals surface area (Å²) in [6.07, 6.45) is 0.572. The lowest BCUT2D eigenvalue weighted by Crippen LogP contribution is -2.38. The number of esters is 1. The summed E-state index contributed by atoms with van der Waals surface area (Å²) in [4.78, 5) is 18.5. The van der Waals surface area contributed by atoms with E-state index in [0.717, 1.165) is 11.1 Å². The van der Waals surface area contributed by atoms with Crippen LogP contribution in [0.15, 0.2) is 60.7 Å². The van der Waals surface area contributed by atoms with E-state index in [4.69, 9.17) is 9.57 Å². The van der Waals surface area contributed by atoms with Crippen molar-refractivity contribution >= 4 is 5.97 Å². The summed E-state index contributed by atoms with van der Waals surface area (Å²) in [5.74, 6) is -0.304. The van der Waals surface area contributed by atoms with E-state index in [2.05, 4.69) is 24.3 Å². The van der Waals surface area contributed by atoms with Gasteiger partial charge in [0.05, 0.1) is 12.6 Å². The maximum absolute atomic E-state index is 12.4. The molecule has 0 radical (unpaired) electrons. The standard InChI is InChI=1S/C20H23NO3/c1-3-23-19(22)20(2)14-18(17-12-8-5-9-13-17)21(24-20)15-16-10-6-4-7-11-16/h4-13,18H,3,14-15H2,1-2H3/t18-,20-/m1/s1. The van der Waals surface area contributed by atoms with Gasteiger partial charge in [0.15, 0.2) is 5.60 Å². The van der Waals surface area contributed by atoms with Gasteiger partial charge >= 0.3 is 5.97 Å². The van der Waals surface area contributed by atoms with Crippen molar-refractivity contribution in [2.45, 2.75) is 38.5 Å². The molecule has 0 amide bonds. The van der Waals surface area contributed by atoms with E-state index in [1.807, 2.05) is 55.3 Å². The highest BCUT2D eigenvalue weighted by atomic mass is 16.7. The first-order valence-corrected chi connectivity index (χ1v) is 8.34. The number of hydrogen-bond acceptors (Lipinski definition) is 4. The summed E-state index contributed by atoms with van der Waals surface area (Å²) >= 11 is 0. The minimum atomic E-state index is -0.953. The van der Waals surface area contributed by atoms with Gasteiger partial charge in [-0.25, -0.2) is 4.79 Å². The highest BCUT2D eigenvalue weighted by Gasteiger charge is 2.49. The summed E-state index contributed by atoms with van der Waals surface area (Å²) in [6, 6.07) is 20.3. The summed E-state index contributed by atoms with van der Waals surface area (Å²) in [5, 5.41) is 1.90. The molecule has 0 bridgehead atoms. The molecule has 4 nitrogen and oxygen atoms in total. The zero-order chi connectivity index (χ0) is 17.0. The van der Waals surface area contributed by atoms with Crippen LogP contribution in [0.4, 0.5) is 0 Å². The second-order valence-electron chi connectivity index (χ2n) is 6.23. The van der Waals surface area contributed by atoms with Crippen molar-refractivity contribution < 1.29 is 14.4 Å². The molecule has 1 aliphatic heterocycles. The lowest BCUT2D eigenvalue weighted by Gasteiger charge is -2.24. The summed E-state index contributed by atoms with van der Waals surface area (Å²) in [6.45, 7) is 4.60. The monoisotopic (exact) mass is 325 g/mol. The van der Waals surface area contributed by atoms with E-state index < -0.39 is 5.60 Å². The van der Waals surface area contributed by atoms with Crippen LogP contribution in [0.25, 0.3) is 0 Å². The Morgan fingerprint density at radius 1 is 1.17 bits per heavy atom. The molecule has 1 aliphatic rings. The molecule has 0 saturated carbocycles. The van der Waals surface area contributed by atoms with E-state index in [9.17, 15) is 4.79 Å². The Bertz CT molecular complexity index is 674. The van der Waals surface area contributed by atoms with Crippen LogP contribution < -0.4 is 0 Å². The Balaban J connectivity index is 1.87. The smallest absolute Gasteiger partial charge is 0.340 e. The summed E-state index contributed by atoms with van der Waals surface area (Å²) < 4.78 is 5.22. The van der Waals surface area contributed by atoms with E-state index in [-0.39, 0.29) is 12.0 Å². The van der Waals surface area contributed by atoms with E-state index >= 15 is 0 Å². The molecule has 0 aliphatic carbocycles. The van der Waals surface area contributed by atoms with Crippen LogP contribution >= 0.6 is 0 Å². The zero-order valence-corrected chi connectivity index (χ0v) is 14.1. The van der Waals surface area contributed by atoms with Crippen LogP contribution in [0.2, 0.25) is 0 Å². The fourth-order valence-corrected chi connectivity index (χ4v) is 3.10. The molecular weight excluding hydrogens is 302 g/mol. The maximum Gasteiger partial charge on any atom is 0.340 e. The molecule has 2 aromatic rings. The predicted octanol–water partition coefficient (Wildman–Crippen LogP) is 3.89. The van der Waals surface area contributed by atoms with Gasteiger partial charge in [-0.05, 0) is 25.0 Å². The van der Waals surface area contributed by atoms with Crippen molar-refractivity contribution in [1.82, 2.24) is 5.06 Å². The van der Waals surface area contributed by atoms with Gasteiger partial charge < -0.3 is 4.74 Å². The SMILES string of the molecule is CCOC(=O)[C@@]1(C)C[C@H](c2ccccc2)N(Cc2ccccc2)O1. The Labute approximate surface area is 143 Å². The first-order chi connectivity index (χ1) is 11.6. The van der Waals surface area contributed by atoms with Crippen LogP contribution in [-0.4, -0.2) is 23.2 Å². The molecule has 126 valence electrons. The average molecular weight is 325 g/mol. The van der Waals surface area contributed by atoms with Gasteiger partial charge in [-0.1, -0.05) is 60.7 Å². The van der Waals surface area contributed by atoms with Crippen LogP contribution in [0, 0.1) is 0 Å². The number of hydroxylamine groups is 2. The third-order valence-electron chi connectivity index (χ3n) is 4.32. The highest BCUT2D eigenvalue weighted by molar-refractivity contribution is 5.79. The molecule has 0 spiro atoms. The predicted molar refractivity (Wildman–Crippen MR) is 91.9 cm³/mol. The minimum Gasteiger partial charge on any atom is -0.464 e. The van der Waals surface area contributed by atoms with E-state index in [1.54, 1.807) is 0 Å². The van der Waals surface area contributed by atoms with Crippen LogP contribution in [0.3, 0.4) is 0 Å². The second-order valence-corrected chi connectivity index (χ2v) is 6.23. The van der Waals surface area contributed by atoms with Crippen LogP contribution in [-0.2, 0) is 20.9 Å². The van der Waals surface area contributed by atoms with E-state index in [1.165, 1.54) is 0 Å². The molecule has 0 aromatic heterocycles. The maximum atomic E-state index is 12.4. The number of rotatable bonds is 5. The van der Waals surface area contributed by atoms with Crippen molar-refractivity contribution in [3.63, 3.8) is 0 Å². The molecule has 24 heavy (non-hydrogen) atoms. The Kier molecular flexibility index (Phi) is 4.97. The minimum absolute atomic E-state index is 0.0146. The summed E-state index contributed by atoms with van der Waals surface area (Å²) in [7, 11) is 0. The molecule has 2 aromatic carbocycles. The normalized spacial score (nSPS) is 24.0. The van der Waals surface area contributed by atoms with Crippen LogP contribution in [0.5, 0.6) is 0 Å². The number of carbonyl (C=O) groups excluding carboxylic acids is 1. The van der Waals surface area contributed by atoms with Gasteiger partial charge in [0, 0.05) is 13.0 Å². The quantitative estimate of drug-likeness (QED) is 0.782. The highest BCUT2D eigenvalue weighted by Crippen LogP contribution is 2.41. The number of nitrogens with zero attached hydrogens (tertiary/aromatic N) is 1. The van der Waals surface area contributed by atoms with Crippen molar-refractivity contribution in [1.29, 1.82) is 0 Å². The molecular formula is C20H23NO3. The van der Waals surface area contributed by atoms with Crippen molar-refractivity contribution in [2.24, 2.45) is 0 Å². The Morgan fingerprint density at radius 2 is 1.79 bits per heavy atom. The first kappa shape index (κ1) is 16.7. The van der Waals surface area contributed by atoms with Gasteiger partial charge in [-0.3, -0.25) is 4.84 Å². The molecule has 1 heterocycles. The molecule has 0 unspecified atom stereocenters. The topological polar surface area (TPSA) is 38.8 Å². The lowest BCUT2D eigenvalue weighted by atomic mass is 9.94. The fraction of sp³-hybridized carbons (Fsp3) is 0.350. The first-order valence-electron chi connectivity index (χ1n) is 8.34. The largest absolute Gasteiger partial charge is 0.464 e. The molecule has 1 fully saturated rings. The van der Waals surface area contributed by atoms with Gasteiger partial charge in [0.1, 0.15) is 0 Å². The summed E-state index contributed by atoms with van der Waals surface area (Å²) in [5.41, 5.74) is 1.33. The van der Waals surface area contributed by atoms with Crippen molar-refractivity contribution in [3.05, 3.63) is 71.8 Å². The molecule has 1 saturated heterocycles. The number of ether oxygens (including phenoxy) is 1. The molecule has 0 N–H and O–H groups in total. The number of hydrogen-bond donors (Lipinski definition) is 0. The van der Waals surface area contributed by atoms with Gasteiger partial charge in [-0.15, -0.1) is 0 Å².